The first-order chi connectivity index (χ1) is 9.35. The van der Waals surface area contributed by atoms with Crippen LogP contribution in [-0.2, 0) is 4.74 Å². The quantitative estimate of drug-likeness (QED) is 0.854. The Hall–Kier alpha value is -1.06. The molecule has 0 radical (unpaired) electrons. The minimum absolute atomic E-state index is 0.158. The van der Waals surface area contributed by atoms with E-state index in [0.717, 1.165) is 31.7 Å². The summed E-state index contributed by atoms with van der Waals surface area (Å²) in [6, 6.07) is 8.80. The molecule has 2 unspecified atom stereocenters. The second kappa shape index (κ2) is 7.51. The van der Waals surface area contributed by atoms with Crippen molar-refractivity contribution in [1.29, 1.82) is 0 Å². The lowest BCUT2D eigenvalue weighted by molar-refractivity contribution is -0.00108. The normalized spacial score (nSPS) is 23.3. The first-order valence-corrected chi connectivity index (χ1v) is 7.41. The van der Waals surface area contributed by atoms with Crippen molar-refractivity contribution < 1.29 is 9.47 Å². The molecule has 0 spiro atoms. The van der Waals surface area contributed by atoms with E-state index in [1.165, 1.54) is 12.0 Å². The molecule has 2 atom stereocenters. The molecule has 1 N–H and O–H groups in total. The van der Waals surface area contributed by atoms with Gasteiger partial charge in [-0.1, -0.05) is 25.1 Å². The summed E-state index contributed by atoms with van der Waals surface area (Å²) in [5.74, 6) is 0.964. The highest BCUT2D eigenvalue weighted by atomic mass is 16.5. The lowest BCUT2D eigenvalue weighted by atomic mass is 9.96. The predicted molar refractivity (Wildman–Crippen MR) is 77.6 cm³/mol. The molecule has 3 nitrogen and oxygen atoms in total. The minimum Gasteiger partial charge on any atom is -0.493 e. The fraction of sp³-hybridized carbons (Fsp3) is 0.625. The molecule has 19 heavy (non-hydrogen) atoms. The SMILES string of the molecule is CCCNC1CCOC(c2ccccc2OCC)C1. The van der Waals surface area contributed by atoms with Crippen molar-refractivity contribution in [3.8, 4) is 5.75 Å². The summed E-state index contributed by atoms with van der Waals surface area (Å²) in [5.41, 5.74) is 1.19. The van der Waals surface area contributed by atoms with Gasteiger partial charge in [0.1, 0.15) is 5.75 Å². The zero-order chi connectivity index (χ0) is 13.5. The van der Waals surface area contributed by atoms with E-state index in [2.05, 4.69) is 24.4 Å². The van der Waals surface area contributed by atoms with Gasteiger partial charge >= 0.3 is 0 Å². The van der Waals surface area contributed by atoms with Crippen molar-refractivity contribution in [2.24, 2.45) is 0 Å². The third-order valence-electron chi connectivity index (χ3n) is 3.53. The van der Waals surface area contributed by atoms with Gasteiger partial charge in [0, 0.05) is 18.2 Å². The number of hydrogen-bond donors (Lipinski definition) is 1. The van der Waals surface area contributed by atoms with Crippen LogP contribution < -0.4 is 10.1 Å². The molecule has 1 fully saturated rings. The van der Waals surface area contributed by atoms with E-state index in [-0.39, 0.29) is 6.10 Å². The summed E-state index contributed by atoms with van der Waals surface area (Å²) in [6.45, 7) is 6.83. The number of rotatable bonds is 6. The lowest BCUT2D eigenvalue weighted by Crippen LogP contribution is -2.36. The Morgan fingerprint density at radius 1 is 1.32 bits per heavy atom. The van der Waals surface area contributed by atoms with Gasteiger partial charge in [-0.3, -0.25) is 0 Å². The second-order valence-electron chi connectivity index (χ2n) is 5.01. The summed E-state index contributed by atoms with van der Waals surface area (Å²) in [7, 11) is 0. The number of nitrogens with one attached hydrogen (secondary N) is 1. The molecule has 0 bridgehead atoms. The number of para-hydroxylation sites is 1. The van der Waals surface area contributed by atoms with Gasteiger partial charge in [-0.25, -0.2) is 0 Å². The zero-order valence-electron chi connectivity index (χ0n) is 12.0. The molecule has 1 aromatic rings. The molecule has 0 saturated carbocycles. The predicted octanol–water partition coefficient (Wildman–Crippen LogP) is 3.31. The van der Waals surface area contributed by atoms with Crippen LogP contribution in [0.5, 0.6) is 5.75 Å². The molecule has 1 aliphatic heterocycles. The van der Waals surface area contributed by atoms with Gasteiger partial charge < -0.3 is 14.8 Å². The Bertz CT molecular complexity index is 381. The Morgan fingerprint density at radius 3 is 2.95 bits per heavy atom. The van der Waals surface area contributed by atoms with Crippen LogP contribution >= 0.6 is 0 Å². The van der Waals surface area contributed by atoms with Gasteiger partial charge in [0.2, 0.25) is 0 Å². The smallest absolute Gasteiger partial charge is 0.125 e. The van der Waals surface area contributed by atoms with Crippen LogP contribution in [0.3, 0.4) is 0 Å². The third-order valence-corrected chi connectivity index (χ3v) is 3.53. The molecule has 0 amide bonds. The summed E-state index contributed by atoms with van der Waals surface area (Å²) in [5, 5.41) is 3.60. The van der Waals surface area contributed by atoms with Crippen molar-refractivity contribution in [2.45, 2.75) is 45.3 Å². The number of benzene rings is 1. The standard InChI is InChI=1S/C16H25NO2/c1-3-10-17-13-9-11-19-16(12-13)14-7-5-6-8-15(14)18-4-2/h5-8,13,16-17H,3-4,9-12H2,1-2H3. The molecular formula is C16H25NO2. The summed E-state index contributed by atoms with van der Waals surface area (Å²) in [6.07, 6.45) is 3.47. The molecule has 2 rings (SSSR count). The van der Waals surface area contributed by atoms with Gasteiger partial charge in [0.15, 0.2) is 0 Å². The van der Waals surface area contributed by atoms with Crippen molar-refractivity contribution in [3.63, 3.8) is 0 Å². The van der Waals surface area contributed by atoms with Crippen molar-refractivity contribution in [2.75, 3.05) is 19.8 Å². The maximum absolute atomic E-state index is 5.94. The molecular weight excluding hydrogens is 238 g/mol. The second-order valence-corrected chi connectivity index (χ2v) is 5.01. The van der Waals surface area contributed by atoms with Crippen LogP contribution in [0.25, 0.3) is 0 Å². The van der Waals surface area contributed by atoms with E-state index in [1.54, 1.807) is 0 Å². The highest BCUT2D eigenvalue weighted by Crippen LogP contribution is 2.34. The molecule has 0 aliphatic carbocycles. The van der Waals surface area contributed by atoms with Crippen molar-refractivity contribution in [1.82, 2.24) is 5.32 Å². The Balaban J connectivity index is 2.04. The van der Waals surface area contributed by atoms with E-state index in [0.29, 0.717) is 12.6 Å². The molecule has 1 saturated heterocycles. The van der Waals surface area contributed by atoms with Gasteiger partial charge in [-0.2, -0.15) is 0 Å². The van der Waals surface area contributed by atoms with Gasteiger partial charge in [-0.15, -0.1) is 0 Å². The van der Waals surface area contributed by atoms with Crippen LogP contribution in [0.2, 0.25) is 0 Å². The van der Waals surface area contributed by atoms with E-state index in [4.69, 9.17) is 9.47 Å². The van der Waals surface area contributed by atoms with Gasteiger partial charge in [-0.05, 0) is 38.8 Å². The Kier molecular flexibility index (Phi) is 5.67. The van der Waals surface area contributed by atoms with Crippen LogP contribution in [0.4, 0.5) is 0 Å². The third kappa shape index (κ3) is 3.95. The van der Waals surface area contributed by atoms with Gasteiger partial charge in [0.25, 0.3) is 0 Å². The molecule has 1 aromatic carbocycles. The maximum Gasteiger partial charge on any atom is 0.125 e. The number of ether oxygens (including phenoxy) is 2. The Morgan fingerprint density at radius 2 is 2.16 bits per heavy atom. The van der Waals surface area contributed by atoms with Crippen LogP contribution in [-0.4, -0.2) is 25.8 Å². The van der Waals surface area contributed by atoms with Crippen LogP contribution in [0, 0.1) is 0 Å². The first kappa shape index (κ1) is 14.4. The molecule has 1 aliphatic rings. The van der Waals surface area contributed by atoms with E-state index in [9.17, 15) is 0 Å². The topological polar surface area (TPSA) is 30.5 Å². The van der Waals surface area contributed by atoms with Gasteiger partial charge in [0.05, 0.1) is 12.7 Å². The van der Waals surface area contributed by atoms with E-state index < -0.39 is 0 Å². The number of hydrogen-bond acceptors (Lipinski definition) is 3. The largest absolute Gasteiger partial charge is 0.493 e. The molecule has 106 valence electrons. The maximum atomic E-state index is 5.94. The average molecular weight is 263 g/mol. The highest BCUT2D eigenvalue weighted by molar-refractivity contribution is 5.35. The first-order valence-electron chi connectivity index (χ1n) is 7.41. The van der Waals surface area contributed by atoms with Crippen molar-refractivity contribution >= 4 is 0 Å². The zero-order valence-corrected chi connectivity index (χ0v) is 12.0. The highest BCUT2D eigenvalue weighted by Gasteiger charge is 2.25. The molecule has 3 heteroatoms. The minimum atomic E-state index is 0.158. The summed E-state index contributed by atoms with van der Waals surface area (Å²) in [4.78, 5) is 0. The summed E-state index contributed by atoms with van der Waals surface area (Å²) < 4.78 is 11.6. The van der Waals surface area contributed by atoms with Crippen molar-refractivity contribution in [3.05, 3.63) is 29.8 Å². The van der Waals surface area contributed by atoms with Crippen LogP contribution in [0.15, 0.2) is 24.3 Å². The van der Waals surface area contributed by atoms with Crippen LogP contribution in [0.1, 0.15) is 44.8 Å². The lowest BCUT2D eigenvalue weighted by Gasteiger charge is -2.31. The fourth-order valence-corrected chi connectivity index (χ4v) is 2.58. The molecule has 1 heterocycles. The summed E-state index contributed by atoms with van der Waals surface area (Å²) >= 11 is 0. The fourth-order valence-electron chi connectivity index (χ4n) is 2.58. The Labute approximate surface area is 116 Å². The average Bonchev–Trinajstić information content (AvgIpc) is 2.46. The molecule has 0 aromatic heterocycles. The van der Waals surface area contributed by atoms with E-state index in [1.807, 2.05) is 19.1 Å². The van der Waals surface area contributed by atoms with E-state index >= 15 is 0 Å². The monoisotopic (exact) mass is 263 g/mol.